The van der Waals surface area contributed by atoms with Crippen molar-refractivity contribution in [2.24, 2.45) is 28.6 Å². The van der Waals surface area contributed by atoms with Crippen LogP contribution in [-0.4, -0.2) is 50.3 Å². The molecule has 6 heteroatoms. The van der Waals surface area contributed by atoms with Gasteiger partial charge in [-0.15, -0.1) is 0 Å². The van der Waals surface area contributed by atoms with Crippen LogP contribution in [0.2, 0.25) is 0 Å². The number of carbonyl (C=O) groups is 2. The first kappa shape index (κ1) is 30.0. The minimum atomic E-state index is -1.54. The molecule has 3 saturated carbocycles. The van der Waals surface area contributed by atoms with Crippen LogP contribution in [0.1, 0.15) is 109 Å². The minimum Gasteiger partial charge on any atom is -0.507 e. The lowest BCUT2D eigenvalue weighted by Crippen LogP contribution is -2.62. The number of para-hydroxylation sites is 1. The van der Waals surface area contributed by atoms with Gasteiger partial charge in [-0.3, -0.25) is 9.59 Å². The van der Waals surface area contributed by atoms with Crippen molar-refractivity contribution in [3.05, 3.63) is 41.0 Å². The van der Waals surface area contributed by atoms with E-state index in [9.17, 15) is 30.0 Å². The molecule has 216 valence electrons. The van der Waals surface area contributed by atoms with Crippen molar-refractivity contribution in [1.82, 2.24) is 0 Å². The Morgan fingerprint density at radius 1 is 1.03 bits per heavy atom. The highest BCUT2D eigenvalue weighted by Crippen LogP contribution is 2.67. The summed E-state index contributed by atoms with van der Waals surface area (Å²) in [5, 5.41) is 41.7. The summed E-state index contributed by atoms with van der Waals surface area (Å²) in [5.74, 6) is 1.39. The van der Waals surface area contributed by atoms with Gasteiger partial charge in [0, 0.05) is 11.8 Å². The predicted octanol–water partition coefficient (Wildman–Crippen LogP) is 5.42. The van der Waals surface area contributed by atoms with Gasteiger partial charge in [-0.05, 0) is 90.7 Å². The first-order valence-electron chi connectivity index (χ1n) is 14.8. The van der Waals surface area contributed by atoms with Crippen LogP contribution < -0.4 is 0 Å². The summed E-state index contributed by atoms with van der Waals surface area (Å²) in [4.78, 5) is 24.3. The topological polar surface area (TPSA) is 115 Å². The fourth-order valence-corrected chi connectivity index (χ4v) is 8.79. The Bertz CT molecular complexity index is 1110. The Hall–Kier alpha value is -2.02. The predicted molar refractivity (Wildman–Crippen MR) is 151 cm³/mol. The SMILES string of the molecule is CC(C)c1cccc(C(C)C)c1O.C[C@]12CCC(=O)C=C1CC[C@@H]1[C@@H]2[C@@H](O)C[C@@]2(C)[C@H]1CC[C@]2(O)C(=O)CO. The fourth-order valence-electron chi connectivity index (χ4n) is 8.79. The zero-order valence-electron chi connectivity index (χ0n) is 24.5. The number of aliphatic hydroxyl groups is 3. The molecule has 39 heavy (non-hydrogen) atoms. The Morgan fingerprint density at radius 2 is 1.64 bits per heavy atom. The number of aromatic hydroxyl groups is 1. The highest BCUT2D eigenvalue weighted by molar-refractivity contribution is 5.91. The number of carbonyl (C=O) groups excluding carboxylic acids is 2. The molecule has 4 aliphatic rings. The number of allylic oxidation sites excluding steroid dienone is 1. The minimum absolute atomic E-state index is 0.0697. The third-order valence-corrected chi connectivity index (χ3v) is 11.0. The molecule has 4 aliphatic carbocycles. The van der Waals surface area contributed by atoms with Gasteiger partial charge in [-0.1, -0.05) is 65.3 Å². The Labute approximate surface area is 233 Å². The summed E-state index contributed by atoms with van der Waals surface area (Å²) in [6.07, 6.45) is 5.74. The van der Waals surface area contributed by atoms with Crippen LogP contribution in [0, 0.1) is 28.6 Å². The van der Waals surface area contributed by atoms with E-state index in [1.54, 1.807) is 6.08 Å². The highest BCUT2D eigenvalue weighted by Gasteiger charge is 2.68. The summed E-state index contributed by atoms with van der Waals surface area (Å²) >= 11 is 0. The quantitative estimate of drug-likeness (QED) is 0.405. The van der Waals surface area contributed by atoms with Crippen LogP contribution in [-0.2, 0) is 9.59 Å². The molecule has 0 aliphatic heterocycles. The molecule has 1 aromatic carbocycles. The van der Waals surface area contributed by atoms with Crippen LogP contribution in [0.4, 0.5) is 0 Å². The lowest BCUT2D eigenvalue weighted by atomic mass is 9.45. The molecule has 6 nitrogen and oxygen atoms in total. The average molecular weight is 541 g/mol. The van der Waals surface area contributed by atoms with E-state index < -0.39 is 29.5 Å². The molecule has 0 bridgehead atoms. The molecule has 7 atom stereocenters. The summed E-state index contributed by atoms with van der Waals surface area (Å²) in [6, 6.07) is 6.00. The first-order valence-corrected chi connectivity index (χ1v) is 14.8. The van der Waals surface area contributed by atoms with Crippen molar-refractivity contribution in [2.75, 3.05) is 6.61 Å². The van der Waals surface area contributed by atoms with Gasteiger partial charge in [0.05, 0.1) is 6.10 Å². The van der Waals surface area contributed by atoms with E-state index in [0.717, 1.165) is 36.8 Å². The van der Waals surface area contributed by atoms with Gasteiger partial charge in [-0.2, -0.15) is 0 Å². The van der Waals surface area contributed by atoms with Crippen molar-refractivity contribution in [2.45, 2.75) is 110 Å². The van der Waals surface area contributed by atoms with E-state index in [2.05, 4.69) is 34.6 Å². The number of benzene rings is 1. The molecule has 0 aromatic heterocycles. The standard InChI is InChI=1S/C21H30O5.C12H18O/c1-19-7-5-13(23)9-12(19)3-4-14-15-6-8-21(26,17(25)11-22)20(15,2)10-16(24)18(14)19;1-8(2)10-6-5-7-11(9(3)4)12(10)13/h9,14-16,18,22,24,26H,3-8,10-11H2,1-2H3;5-9,13H,1-4H3/t14-,15-,16-,18+,19-,20-,21-;/m0./s1. The molecule has 3 fully saturated rings. The van der Waals surface area contributed by atoms with Crippen LogP contribution in [0.25, 0.3) is 0 Å². The van der Waals surface area contributed by atoms with Gasteiger partial charge in [-0.25, -0.2) is 0 Å². The normalized spacial score (nSPS) is 37.4. The van der Waals surface area contributed by atoms with E-state index >= 15 is 0 Å². The second-order valence-corrected chi connectivity index (χ2v) is 13.7. The summed E-state index contributed by atoms with van der Waals surface area (Å²) in [6.45, 7) is 11.8. The lowest BCUT2D eigenvalue weighted by molar-refractivity contribution is -0.182. The van der Waals surface area contributed by atoms with Crippen LogP contribution in [0.15, 0.2) is 29.8 Å². The van der Waals surface area contributed by atoms with Gasteiger partial charge in [0.25, 0.3) is 0 Å². The maximum atomic E-state index is 12.4. The second-order valence-electron chi connectivity index (χ2n) is 13.7. The smallest absolute Gasteiger partial charge is 0.190 e. The number of Topliss-reactive ketones (excluding diaryl/α,β-unsaturated/α-hetero) is 1. The van der Waals surface area contributed by atoms with Crippen LogP contribution in [0.5, 0.6) is 5.75 Å². The Balaban J connectivity index is 0.000000229. The number of fused-ring (bicyclic) bond motifs is 5. The van der Waals surface area contributed by atoms with Gasteiger partial charge in [0.15, 0.2) is 11.6 Å². The molecule has 0 amide bonds. The van der Waals surface area contributed by atoms with Gasteiger partial charge in [0.2, 0.25) is 0 Å². The van der Waals surface area contributed by atoms with Crippen molar-refractivity contribution in [1.29, 1.82) is 0 Å². The zero-order valence-corrected chi connectivity index (χ0v) is 24.5. The van der Waals surface area contributed by atoms with E-state index in [4.69, 9.17) is 0 Å². The third kappa shape index (κ3) is 4.81. The second kappa shape index (κ2) is 10.8. The number of phenolic OH excluding ortho intramolecular Hbond substituents is 1. The van der Waals surface area contributed by atoms with Crippen molar-refractivity contribution >= 4 is 11.6 Å². The largest absolute Gasteiger partial charge is 0.507 e. The van der Waals surface area contributed by atoms with Crippen LogP contribution >= 0.6 is 0 Å². The third-order valence-electron chi connectivity index (χ3n) is 11.0. The summed E-state index contributed by atoms with van der Waals surface area (Å²) < 4.78 is 0. The Morgan fingerprint density at radius 3 is 2.21 bits per heavy atom. The van der Waals surface area contributed by atoms with E-state index in [1.165, 1.54) is 5.57 Å². The highest BCUT2D eigenvalue weighted by atomic mass is 16.3. The molecular weight excluding hydrogens is 492 g/mol. The van der Waals surface area contributed by atoms with Gasteiger partial charge < -0.3 is 20.4 Å². The number of aliphatic hydroxyl groups excluding tert-OH is 2. The molecule has 0 unspecified atom stereocenters. The average Bonchev–Trinajstić information content (AvgIpc) is 3.14. The summed E-state index contributed by atoms with van der Waals surface area (Å²) in [5.41, 5.74) is 0.863. The van der Waals surface area contributed by atoms with E-state index in [-0.39, 0.29) is 29.0 Å². The molecule has 0 spiro atoms. The molecule has 4 N–H and O–H groups in total. The lowest BCUT2D eigenvalue weighted by Gasteiger charge is -2.60. The van der Waals surface area contributed by atoms with Gasteiger partial charge in [0.1, 0.15) is 18.0 Å². The molecule has 0 radical (unpaired) electrons. The molecule has 5 rings (SSSR count). The number of hydrogen-bond donors (Lipinski definition) is 4. The molecular formula is C33H48O6. The first-order chi connectivity index (χ1) is 18.2. The number of hydrogen-bond acceptors (Lipinski definition) is 6. The van der Waals surface area contributed by atoms with Crippen molar-refractivity contribution in [3.8, 4) is 5.75 Å². The van der Waals surface area contributed by atoms with Gasteiger partial charge >= 0.3 is 0 Å². The molecule has 0 heterocycles. The fraction of sp³-hybridized carbons (Fsp3) is 0.697. The molecule has 1 aromatic rings. The maximum absolute atomic E-state index is 12.4. The van der Waals surface area contributed by atoms with Crippen LogP contribution in [0.3, 0.4) is 0 Å². The maximum Gasteiger partial charge on any atom is 0.190 e. The van der Waals surface area contributed by atoms with E-state index in [1.807, 2.05) is 25.1 Å². The number of rotatable bonds is 4. The Kier molecular flexibility index (Phi) is 8.26. The van der Waals surface area contributed by atoms with Crippen molar-refractivity contribution in [3.63, 3.8) is 0 Å². The monoisotopic (exact) mass is 540 g/mol. The zero-order chi connectivity index (χ0) is 28.9. The number of phenols is 1. The summed E-state index contributed by atoms with van der Waals surface area (Å²) in [7, 11) is 0. The molecule has 0 saturated heterocycles. The number of ketones is 2. The van der Waals surface area contributed by atoms with Crippen molar-refractivity contribution < 1.29 is 30.0 Å². The van der Waals surface area contributed by atoms with E-state index in [0.29, 0.717) is 36.8 Å².